The van der Waals surface area contributed by atoms with Crippen LogP contribution in [0.5, 0.6) is 0 Å². The fourth-order valence-corrected chi connectivity index (χ4v) is 9.51. The number of allylic oxidation sites excluding steroid dienone is 17. The summed E-state index contributed by atoms with van der Waals surface area (Å²) in [4.78, 5) is 26.6. The Balaban J connectivity index is 2.67. The molecule has 1 amide bonds. The Labute approximate surface area is 494 Å². The van der Waals surface area contributed by atoms with Crippen molar-refractivity contribution in [3.05, 3.63) is 109 Å². The maximum absolute atomic E-state index is 13.4. The molecule has 0 aromatic heterocycles. The Bertz CT molecular complexity index is 1730. The quantitative estimate of drug-likeness (QED) is 0.0195. The van der Waals surface area contributed by atoms with Gasteiger partial charge in [0.05, 0.1) is 25.4 Å². The first kappa shape index (κ1) is 75.3. The van der Waals surface area contributed by atoms with Crippen LogP contribution in [0.2, 0.25) is 0 Å². The predicted octanol–water partition coefficient (Wildman–Crippen LogP) is 16.1. The minimum absolute atomic E-state index is 0.102. The zero-order valence-electron chi connectivity index (χ0n) is 51.4. The fourth-order valence-electron chi connectivity index (χ4n) is 9.51. The van der Waals surface area contributed by atoms with E-state index < -0.39 is 67.4 Å². The minimum Gasteiger partial charge on any atom is -0.454 e. The summed E-state index contributed by atoms with van der Waals surface area (Å²) in [6.07, 6.45) is 66.8. The molecule has 8 unspecified atom stereocenters. The molecule has 0 saturated carbocycles. The zero-order valence-corrected chi connectivity index (χ0v) is 51.4. The first-order chi connectivity index (χ1) is 39.7. The number of unbranched alkanes of at least 4 members (excludes halogenated alkanes) is 24. The number of aliphatic hydroxyl groups excluding tert-OH is 5. The third-order valence-electron chi connectivity index (χ3n) is 14.7. The van der Waals surface area contributed by atoms with Crippen LogP contribution in [-0.2, 0) is 23.8 Å². The van der Waals surface area contributed by atoms with Crippen molar-refractivity contribution >= 4 is 11.9 Å². The normalized spacial score (nSPS) is 19.4. The van der Waals surface area contributed by atoms with Crippen LogP contribution in [0.4, 0.5) is 0 Å². The maximum atomic E-state index is 13.4. The van der Waals surface area contributed by atoms with Crippen molar-refractivity contribution in [2.75, 3.05) is 13.2 Å². The summed E-state index contributed by atoms with van der Waals surface area (Å²) in [6.45, 7) is 5.63. The highest BCUT2D eigenvalue weighted by Gasteiger charge is 2.47. The van der Waals surface area contributed by atoms with Crippen molar-refractivity contribution in [3.8, 4) is 0 Å². The van der Waals surface area contributed by atoms with Gasteiger partial charge >= 0.3 is 5.97 Å². The fraction of sp³-hybridized carbons (Fsp3) is 0.714. The third-order valence-corrected chi connectivity index (χ3v) is 14.7. The van der Waals surface area contributed by atoms with E-state index in [1.165, 1.54) is 70.6 Å². The summed E-state index contributed by atoms with van der Waals surface area (Å²) in [7, 11) is 0. The van der Waals surface area contributed by atoms with Gasteiger partial charge in [0.1, 0.15) is 24.4 Å². The van der Waals surface area contributed by atoms with E-state index in [-0.39, 0.29) is 19.4 Å². The van der Waals surface area contributed by atoms with Crippen molar-refractivity contribution in [2.45, 2.75) is 307 Å². The van der Waals surface area contributed by atoms with Crippen LogP contribution in [0.1, 0.15) is 258 Å². The lowest BCUT2D eigenvalue weighted by atomic mass is 9.99. The SMILES string of the molecule is CC/C=C\C/C=C\C/C=C\C/C=C\C/C=C\CCCCCCCCCC(=O)OC1C(OCC(NC(=O)C(O)CCCCC/C=C\C/C=C\C/C=C\CCCCC)C(O)/C=C/CCCCCCCCCCCCC)OC(CO)C(O)C1O. The minimum atomic E-state index is -1.63. The highest BCUT2D eigenvalue weighted by molar-refractivity contribution is 5.80. The van der Waals surface area contributed by atoms with E-state index in [9.17, 15) is 35.1 Å². The highest BCUT2D eigenvalue weighted by Crippen LogP contribution is 2.26. The Kier molecular flexibility index (Phi) is 52.8. The molecule has 6 N–H and O–H groups in total. The number of aliphatic hydroxyl groups is 5. The third kappa shape index (κ3) is 44.5. The summed E-state index contributed by atoms with van der Waals surface area (Å²) >= 11 is 0. The summed E-state index contributed by atoms with van der Waals surface area (Å²) in [5.74, 6) is -1.23. The van der Waals surface area contributed by atoms with Crippen molar-refractivity contribution in [3.63, 3.8) is 0 Å². The van der Waals surface area contributed by atoms with Gasteiger partial charge in [-0.1, -0.05) is 252 Å². The molecule has 11 heteroatoms. The van der Waals surface area contributed by atoms with E-state index in [0.29, 0.717) is 12.8 Å². The second-order valence-corrected chi connectivity index (χ2v) is 22.1. The summed E-state index contributed by atoms with van der Waals surface area (Å²) in [6, 6.07) is -1.05. The van der Waals surface area contributed by atoms with Gasteiger partial charge in [-0.25, -0.2) is 0 Å². The van der Waals surface area contributed by atoms with Crippen LogP contribution in [0.3, 0.4) is 0 Å². The maximum Gasteiger partial charge on any atom is 0.306 e. The molecular weight excluding hydrogens is 1010 g/mol. The van der Waals surface area contributed by atoms with Gasteiger partial charge < -0.3 is 45.1 Å². The smallest absolute Gasteiger partial charge is 0.306 e. The number of carbonyl (C=O) groups excluding carboxylic acids is 2. The molecule has 0 spiro atoms. The number of carbonyl (C=O) groups is 2. The van der Waals surface area contributed by atoms with Gasteiger partial charge in [0.15, 0.2) is 12.4 Å². The molecule has 8 atom stereocenters. The lowest BCUT2D eigenvalue weighted by Crippen LogP contribution is -2.61. The van der Waals surface area contributed by atoms with Gasteiger partial charge in [-0.05, 0) is 109 Å². The topological polar surface area (TPSA) is 175 Å². The number of nitrogens with one attached hydrogen (secondary N) is 1. The Hall–Kier alpha value is -3.68. The predicted molar refractivity (Wildman–Crippen MR) is 338 cm³/mol. The van der Waals surface area contributed by atoms with Crippen molar-refractivity contribution in [1.82, 2.24) is 5.32 Å². The van der Waals surface area contributed by atoms with Gasteiger partial charge in [-0.3, -0.25) is 9.59 Å². The second-order valence-electron chi connectivity index (χ2n) is 22.1. The van der Waals surface area contributed by atoms with Gasteiger partial charge in [0.25, 0.3) is 0 Å². The zero-order chi connectivity index (χ0) is 58.9. The summed E-state index contributed by atoms with van der Waals surface area (Å²) in [5, 5.41) is 57.1. The molecular formula is C70H119NO10. The van der Waals surface area contributed by atoms with Crippen molar-refractivity contribution in [2.24, 2.45) is 0 Å². The van der Waals surface area contributed by atoms with Crippen LogP contribution in [0.15, 0.2) is 109 Å². The molecule has 1 aliphatic rings. The van der Waals surface area contributed by atoms with E-state index in [0.717, 1.165) is 141 Å². The van der Waals surface area contributed by atoms with Crippen molar-refractivity contribution < 1.29 is 49.3 Å². The molecule has 464 valence electrons. The number of hydrogen-bond donors (Lipinski definition) is 6. The molecule has 0 aromatic rings. The van der Waals surface area contributed by atoms with Crippen molar-refractivity contribution in [1.29, 1.82) is 0 Å². The van der Waals surface area contributed by atoms with Gasteiger partial charge in [0, 0.05) is 6.42 Å². The average Bonchev–Trinajstić information content (AvgIpc) is 3.53. The Morgan fingerprint density at radius 2 is 0.889 bits per heavy atom. The monoisotopic (exact) mass is 1130 g/mol. The molecule has 1 heterocycles. The summed E-state index contributed by atoms with van der Waals surface area (Å²) < 4.78 is 17.6. The van der Waals surface area contributed by atoms with E-state index >= 15 is 0 Å². The molecule has 1 aliphatic heterocycles. The van der Waals surface area contributed by atoms with Crippen LogP contribution >= 0.6 is 0 Å². The first-order valence-electron chi connectivity index (χ1n) is 32.7. The molecule has 1 fully saturated rings. The number of ether oxygens (including phenoxy) is 3. The largest absolute Gasteiger partial charge is 0.454 e. The number of esters is 1. The molecule has 0 aliphatic carbocycles. The van der Waals surface area contributed by atoms with E-state index in [1.54, 1.807) is 6.08 Å². The summed E-state index contributed by atoms with van der Waals surface area (Å²) in [5.41, 5.74) is 0. The van der Waals surface area contributed by atoms with Gasteiger partial charge in [-0.2, -0.15) is 0 Å². The van der Waals surface area contributed by atoms with Gasteiger partial charge in [0.2, 0.25) is 5.91 Å². The molecule has 0 bridgehead atoms. The highest BCUT2D eigenvalue weighted by atomic mass is 16.7. The van der Waals surface area contributed by atoms with Crippen LogP contribution in [0.25, 0.3) is 0 Å². The molecule has 0 aromatic carbocycles. The number of rotatable bonds is 54. The Morgan fingerprint density at radius 3 is 1.36 bits per heavy atom. The molecule has 1 saturated heterocycles. The van der Waals surface area contributed by atoms with Gasteiger partial charge in [-0.15, -0.1) is 0 Å². The second kappa shape index (κ2) is 56.8. The molecule has 81 heavy (non-hydrogen) atoms. The molecule has 1 rings (SSSR count). The number of amides is 1. The van der Waals surface area contributed by atoms with Crippen LogP contribution in [-0.4, -0.2) is 99.6 Å². The first-order valence-corrected chi connectivity index (χ1v) is 32.7. The molecule has 0 radical (unpaired) electrons. The lowest BCUT2D eigenvalue weighted by molar-refractivity contribution is -0.305. The van der Waals surface area contributed by atoms with Crippen LogP contribution < -0.4 is 5.32 Å². The Morgan fingerprint density at radius 1 is 0.494 bits per heavy atom. The van der Waals surface area contributed by atoms with E-state index in [1.807, 2.05) is 6.08 Å². The lowest BCUT2D eigenvalue weighted by Gasteiger charge is -2.41. The molecule has 11 nitrogen and oxygen atoms in total. The standard InChI is InChI=1S/C70H119NO10/c1-4-7-10-13-16-19-22-25-27-29-30-31-32-33-34-35-37-40-43-46-49-52-55-58-65(75)81-68-67(77)66(76)64(59-72)80-70(68)79-60-61(62(73)56-53-50-47-44-41-38-24-21-18-15-12-9-6-3)71-69(78)63(74)57-54-51-48-45-42-39-36-28-26-23-20-17-14-11-8-5-2/h7,10,16-17,19-20,25-28,30-31,33-34,39,42,53,56,61-64,66-68,70,72-74,76-77H,4-6,8-9,11-15,18,21-24,29,32,35-38,40-41,43-52,54-55,57-60H2,1-3H3,(H,71,78)/b10-7-,19-16-,20-17-,27-25-,28-26-,31-30-,34-33-,42-39-,56-53+. The number of hydrogen-bond acceptors (Lipinski definition) is 10. The van der Waals surface area contributed by atoms with E-state index in [4.69, 9.17) is 14.2 Å². The van der Waals surface area contributed by atoms with E-state index in [2.05, 4.69) is 123 Å². The average molecular weight is 1130 g/mol. The van der Waals surface area contributed by atoms with Crippen LogP contribution in [0, 0.1) is 0 Å².